The first-order valence-corrected chi connectivity index (χ1v) is 8.04. The molecular formula is C17H30ClN3. The molecule has 120 valence electrons. The lowest BCUT2D eigenvalue weighted by Gasteiger charge is -2.39. The molecule has 1 heterocycles. The number of piperidine rings is 1. The lowest BCUT2D eigenvalue weighted by atomic mass is 10.0. The zero-order valence-corrected chi connectivity index (χ0v) is 14.0. The summed E-state index contributed by atoms with van der Waals surface area (Å²) < 4.78 is 0. The Balaban J connectivity index is 0.00000220. The predicted molar refractivity (Wildman–Crippen MR) is 92.9 cm³/mol. The quantitative estimate of drug-likeness (QED) is 0.840. The number of hydrogen-bond donors (Lipinski definition) is 1. The number of hydrogen-bond acceptors (Lipinski definition) is 3. The van der Waals surface area contributed by atoms with Crippen LogP contribution in [0.2, 0.25) is 0 Å². The van der Waals surface area contributed by atoms with E-state index >= 15 is 0 Å². The number of halogens is 1. The van der Waals surface area contributed by atoms with Crippen LogP contribution >= 0.6 is 12.4 Å². The van der Waals surface area contributed by atoms with Crippen LogP contribution in [0.15, 0.2) is 30.3 Å². The molecule has 0 aromatic heterocycles. The SMILES string of the molecule is CCCN(CCN)C1CCCN(Cc2ccccc2)C1.Cl. The van der Waals surface area contributed by atoms with E-state index in [0.29, 0.717) is 6.04 Å². The van der Waals surface area contributed by atoms with E-state index in [0.717, 1.165) is 19.6 Å². The summed E-state index contributed by atoms with van der Waals surface area (Å²) in [6.45, 7) is 8.75. The van der Waals surface area contributed by atoms with Gasteiger partial charge in [-0.3, -0.25) is 9.80 Å². The first-order chi connectivity index (χ1) is 9.83. The van der Waals surface area contributed by atoms with Crippen LogP contribution in [0.1, 0.15) is 31.7 Å². The molecule has 4 heteroatoms. The predicted octanol–water partition coefficient (Wildman–Crippen LogP) is 2.74. The third-order valence-electron chi connectivity index (χ3n) is 4.17. The molecule has 1 aromatic carbocycles. The second kappa shape index (κ2) is 10.2. The lowest BCUT2D eigenvalue weighted by molar-refractivity contribution is 0.0951. The average molecular weight is 312 g/mol. The molecular weight excluding hydrogens is 282 g/mol. The number of nitrogens with zero attached hydrogens (tertiary/aromatic N) is 2. The number of likely N-dealkylation sites (tertiary alicyclic amines) is 1. The highest BCUT2D eigenvalue weighted by molar-refractivity contribution is 5.85. The summed E-state index contributed by atoms with van der Waals surface area (Å²) in [7, 11) is 0. The molecule has 1 fully saturated rings. The van der Waals surface area contributed by atoms with Gasteiger partial charge >= 0.3 is 0 Å². The van der Waals surface area contributed by atoms with Crippen molar-refractivity contribution in [1.82, 2.24) is 9.80 Å². The highest BCUT2D eigenvalue weighted by Gasteiger charge is 2.24. The Hall–Kier alpha value is -0.610. The zero-order chi connectivity index (χ0) is 14.2. The van der Waals surface area contributed by atoms with Crippen molar-refractivity contribution in [3.8, 4) is 0 Å². The van der Waals surface area contributed by atoms with Gasteiger partial charge in [0.25, 0.3) is 0 Å². The van der Waals surface area contributed by atoms with Gasteiger partial charge in [-0.1, -0.05) is 37.3 Å². The molecule has 2 N–H and O–H groups in total. The van der Waals surface area contributed by atoms with Crippen LogP contribution in [-0.2, 0) is 6.54 Å². The van der Waals surface area contributed by atoms with Gasteiger partial charge in [-0.15, -0.1) is 12.4 Å². The summed E-state index contributed by atoms with van der Waals surface area (Å²) in [6, 6.07) is 11.5. The molecule has 1 atom stereocenters. The van der Waals surface area contributed by atoms with Gasteiger partial charge in [-0.2, -0.15) is 0 Å². The molecule has 1 aliphatic heterocycles. The second-order valence-corrected chi connectivity index (χ2v) is 5.84. The van der Waals surface area contributed by atoms with Gasteiger partial charge in [-0.25, -0.2) is 0 Å². The summed E-state index contributed by atoms with van der Waals surface area (Å²) >= 11 is 0. The van der Waals surface area contributed by atoms with E-state index in [1.165, 1.54) is 44.5 Å². The summed E-state index contributed by atoms with van der Waals surface area (Å²) in [5.41, 5.74) is 7.19. The third kappa shape index (κ3) is 5.95. The van der Waals surface area contributed by atoms with Crippen LogP contribution in [0.5, 0.6) is 0 Å². The van der Waals surface area contributed by atoms with Gasteiger partial charge in [-0.05, 0) is 37.9 Å². The van der Waals surface area contributed by atoms with Gasteiger partial charge in [0, 0.05) is 32.2 Å². The minimum absolute atomic E-state index is 0. The maximum Gasteiger partial charge on any atom is 0.0234 e. The van der Waals surface area contributed by atoms with Crippen molar-refractivity contribution in [2.75, 3.05) is 32.7 Å². The Kier molecular flexibility index (Phi) is 8.93. The average Bonchev–Trinajstić information content (AvgIpc) is 2.48. The molecule has 21 heavy (non-hydrogen) atoms. The van der Waals surface area contributed by atoms with E-state index < -0.39 is 0 Å². The third-order valence-corrected chi connectivity index (χ3v) is 4.17. The Labute approximate surface area is 135 Å². The van der Waals surface area contributed by atoms with Crippen LogP contribution in [0, 0.1) is 0 Å². The molecule has 2 rings (SSSR count). The Morgan fingerprint density at radius 3 is 2.67 bits per heavy atom. The maximum atomic E-state index is 5.77. The highest BCUT2D eigenvalue weighted by atomic mass is 35.5. The lowest BCUT2D eigenvalue weighted by Crippen LogP contribution is -2.49. The van der Waals surface area contributed by atoms with Crippen molar-refractivity contribution in [2.45, 2.75) is 38.8 Å². The fourth-order valence-electron chi connectivity index (χ4n) is 3.24. The fourth-order valence-corrected chi connectivity index (χ4v) is 3.24. The van der Waals surface area contributed by atoms with Crippen molar-refractivity contribution >= 4 is 12.4 Å². The van der Waals surface area contributed by atoms with Crippen LogP contribution in [0.3, 0.4) is 0 Å². The van der Waals surface area contributed by atoms with E-state index in [1.54, 1.807) is 0 Å². The molecule has 0 aliphatic carbocycles. The van der Waals surface area contributed by atoms with Crippen molar-refractivity contribution in [1.29, 1.82) is 0 Å². The van der Waals surface area contributed by atoms with Crippen molar-refractivity contribution in [3.05, 3.63) is 35.9 Å². The summed E-state index contributed by atoms with van der Waals surface area (Å²) in [5, 5.41) is 0. The normalized spacial score (nSPS) is 19.5. The van der Waals surface area contributed by atoms with E-state index in [2.05, 4.69) is 47.1 Å². The van der Waals surface area contributed by atoms with Crippen molar-refractivity contribution in [2.24, 2.45) is 5.73 Å². The molecule has 0 radical (unpaired) electrons. The smallest absolute Gasteiger partial charge is 0.0234 e. The number of benzene rings is 1. The zero-order valence-electron chi connectivity index (χ0n) is 13.2. The molecule has 0 amide bonds. The number of nitrogens with two attached hydrogens (primary N) is 1. The summed E-state index contributed by atoms with van der Waals surface area (Å²) in [5.74, 6) is 0. The van der Waals surface area contributed by atoms with E-state index in [4.69, 9.17) is 5.73 Å². The monoisotopic (exact) mass is 311 g/mol. The first kappa shape index (κ1) is 18.4. The molecule has 3 nitrogen and oxygen atoms in total. The first-order valence-electron chi connectivity index (χ1n) is 8.04. The van der Waals surface area contributed by atoms with E-state index in [-0.39, 0.29) is 12.4 Å². The van der Waals surface area contributed by atoms with Crippen LogP contribution in [0.25, 0.3) is 0 Å². The largest absolute Gasteiger partial charge is 0.329 e. The van der Waals surface area contributed by atoms with Gasteiger partial charge in [0.2, 0.25) is 0 Å². The topological polar surface area (TPSA) is 32.5 Å². The Bertz CT molecular complexity index is 366. The standard InChI is InChI=1S/C17H29N3.ClH/c1-2-11-20(13-10-18)17-9-6-12-19(15-17)14-16-7-4-3-5-8-16;/h3-5,7-8,17H,2,6,9-15,18H2,1H3;1H. The van der Waals surface area contributed by atoms with Gasteiger partial charge in [0.1, 0.15) is 0 Å². The van der Waals surface area contributed by atoms with Crippen LogP contribution in [-0.4, -0.2) is 48.6 Å². The highest BCUT2D eigenvalue weighted by Crippen LogP contribution is 2.18. The molecule has 1 aliphatic rings. The summed E-state index contributed by atoms with van der Waals surface area (Å²) in [6.07, 6.45) is 3.85. The Morgan fingerprint density at radius 2 is 2.00 bits per heavy atom. The van der Waals surface area contributed by atoms with Crippen molar-refractivity contribution < 1.29 is 0 Å². The molecule has 1 aromatic rings. The second-order valence-electron chi connectivity index (χ2n) is 5.84. The van der Waals surface area contributed by atoms with Crippen molar-refractivity contribution in [3.63, 3.8) is 0 Å². The molecule has 1 unspecified atom stereocenters. The number of rotatable bonds is 7. The molecule has 0 saturated carbocycles. The minimum atomic E-state index is 0. The molecule has 0 bridgehead atoms. The Morgan fingerprint density at radius 1 is 1.24 bits per heavy atom. The fraction of sp³-hybridized carbons (Fsp3) is 0.647. The maximum absolute atomic E-state index is 5.77. The molecule has 0 spiro atoms. The van der Waals surface area contributed by atoms with Gasteiger partial charge < -0.3 is 5.73 Å². The van der Waals surface area contributed by atoms with E-state index in [9.17, 15) is 0 Å². The summed E-state index contributed by atoms with van der Waals surface area (Å²) in [4.78, 5) is 5.19. The van der Waals surface area contributed by atoms with Gasteiger partial charge in [0.05, 0.1) is 0 Å². The molecule has 1 saturated heterocycles. The van der Waals surface area contributed by atoms with E-state index in [1.807, 2.05) is 0 Å². The van der Waals surface area contributed by atoms with Crippen LogP contribution in [0.4, 0.5) is 0 Å². The minimum Gasteiger partial charge on any atom is -0.329 e. The van der Waals surface area contributed by atoms with Gasteiger partial charge in [0.15, 0.2) is 0 Å². The van der Waals surface area contributed by atoms with Crippen LogP contribution < -0.4 is 5.73 Å².